The molecule has 0 aliphatic heterocycles. The summed E-state index contributed by atoms with van der Waals surface area (Å²) in [5.41, 5.74) is 0.837. The lowest BCUT2D eigenvalue weighted by Gasteiger charge is -2.06. The lowest BCUT2D eigenvalue weighted by Crippen LogP contribution is -2.16. The monoisotopic (exact) mass is 204 g/mol. The first-order valence-corrected chi connectivity index (χ1v) is 5.28. The van der Waals surface area contributed by atoms with Crippen molar-refractivity contribution >= 4 is 5.78 Å². The van der Waals surface area contributed by atoms with E-state index < -0.39 is 0 Å². The normalized spacial score (nSPS) is 17.6. The van der Waals surface area contributed by atoms with Crippen LogP contribution in [0.3, 0.4) is 0 Å². The van der Waals surface area contributed by atoms with Crippen molar-refractivity contribution in [1.82, 2.24) is 19.6 Å². The van der Waals surface area contributed by atoms with Gasteiger partial charge in [-0.2, -0.15) is 4.52 Å². The fourth-order valence-electron chi connectivity index (χ4n) is 2.27. The Kier molecular flexibility index (Phi) is 1.83. The van der Waals surface area contributed by atoms with Crippen LogP contribution in [0, 0.1) is 0 Å². The summed E-state index contributed by atoms with van der Waals surface area (Å²) in [5.74, 6) is 0.934. The molecular formula is C10H12N4O. The molecule has 0 spiro atoms. The predicted molar refractivity (Wildman–Crippen MR) is 54.8 cm³/mol. The van der Waals surface area contributed by atoms with Crippen LogP contribution in [0.5, 0.6) is 0 Å². The second-order valence-corrected chi connectivity index (χ2v) is 4.02. The van der Waals surface area contributed by atoms with Crippen molar-refractivity contribution in [2.75, 3.05) is 0 Å². The summed E-state index contributed by atoms with van der Waals surface area (Å²) in [5, 5.41) is 2.74. The van der Waals surface area contributed by atoms with Crippen LogP contribution in [0.25, 0.3) is 5.78 Å². The molecule has 0 amide bonds. The van der Waals surface area contributed by atoms with E-state index in [9.17, 15) is 4.79 Å². The molecule has 5 heteroatoms. The molecule has 78 valence electrons. The molecule has 0 aromatic carbocycles. The fourth-order valence-corrected chi connectivity index (χ4v) is 2.27. The predicted octanol–water partition coefficient (Wildman–Crippen LogP) is 1.08. The number of aromatic nitrogens is 4. The zero-order valence-electron chi connectivity index (χ0n) is 8.31. The van der Waals surface area contributed by atoms with Gasteiger partial charge in [0.2, 0.25) is 0 Å². The van der Waals surface area contributed by atoms with Gasteiger partial charge in [0.1, 0.15) is 6.33 Å². The van der Waals surface area contributed by atoms with Crippen LogP contribution in [0.4, 0.5) is 0 Å². The molecule has 0 atom stereocenters. The highest BCUT2D eigenvalue weighted by molar-refractivity contribution is 5.27. The Hall–Kier alpha value is -1.65. The highest BCUT2D eigenvalue weighted by Gasteiger charge is 2.19. The summed E-state index contributed by atoms with van der Waals surface area (Å²) in [6, 6.07) is 1.63. The standard InChI is InChI=1S/C10H12N4O/c15-9-5-8(7-3-1-2-4-7)13-10-11-6-12-14(9)10/h5-7H,1-4H2,(H,11,12,13). The molecule has 5 nitrogen and oxygen atoms in total. The van der Waals surface area contributed by atoms with Gasteiger partial charge in [0.15, 0.2) is 0 Å². The number of nitrogens with one attached hydrogen (secondary N) is 1. The Labute approximate surface area is 86.2 Å². The number of H-pyrrole nitrogens is 1. The summed E-state index contributed by atoms with van der Waals surface area (Å²) >= 11 is 0. The van der Waals surface area contributed by atoms with E-state index in [1.807, 2.05) is 0 Å². The maximum atomic E-state index is 11.7. The number of hydrogen-bond donors (Lipinski definition) is 1. The molecule has 15 heavy (non-hydrogen) atoms. The van der Waals surface area contributed by atoms with Gasteiger partial charge < -0.3 is 0 Å². The third-order valence-electron chi connectivity index (χ3n) is 3.06. The fraction of sp³-hybridized carbons (Fsp3) is 0.500. The first-order valence-electron chi connectivity index (χ1n) is 5.28. The van der Waals surface area contributed by atoms with Crippen molar-refractivity contribution in [2.45, 2.75) is 31.6 Å². The quantitative estimate of drug-likeness (QED) is 0.755. The largest absolute Gasteiger partial charge is 0.278 e. The maximum Gasteiger partial charge on any atom is 0.274 e. The molecule has 1 fully saturated rings. The van der Waals surface area contributed by atoms with Gasteiger partial charge in [-0.15, -0.1) is 0 Å². The van der Waals surface area contributed by atoms with E-state index in [1.165, 1.54) is 23.7 Å². The lowest BCUT2D eigenvalue weighted by molar-refractivity contribution is 0.690. The second-order valence-electron chi connectivity index (χ2n) is 4.02. The van der Waals surface area contributed by atoms with Crippen molar-refractivity contribution in [3.8, 4) is 0 Å². The number of hydrogen-bond acceptors (Lipinski definition) is 3. The summed E-state index contributed by atoms with van der Waals surface area (Å²) in [7, 11) is 0. The molecule has 1 saturated carbocycles. The molecule has 0 saturated heterocycles. The zero-order valence-corrected chi connectivity index (χ0v) is 8.31. The van der Waals surface area contributed by atoms with Crippen molar-refractivity contribution in [3.05, 3.63) is 28.4 Å². The van der Waals surface area contributed by atoms with Crippen molar-refractivity contribution in [2.24, 2.45) is 0 Å². The summed E-state index contributed by atoms with van der Waals surface area (Å²) in [6.45, 7) is 0. The van der Waals surface area contributed by atoms with Crippen molar-refractivity contribution in [1.29, 1.82) is 0 Å². The van der Waals surface area contributed by atoms with Gasteiger partial charge in [-0.05, 0) is 12.8 Å². The molecule has 2 aromatic rings. The van der Waals surface area contributed by atoms with Crippen LogP contribution in [0.1, 0.15) is 37.3 Å². The van der Waals surface area contributed by atoms with Crippen LogP contribution in [0.2, 0.25) is 0 Å². The van der Waals surface area contributed by atoms with Crippen LogP contribution in [0.15, 0.2) is 17.2 Å². The summed E-state index contributed by atoms with van der Waals surface area (Å²) < 4.78 is 1.36. The smallest absolute Gasteiger partial charge is 0.274 e. The molecular weight excluding hydrogens is 192 g/mol. The Morgan fingerprint density at radius 1 is 1.40 bits per heavy atom. The summed E-state index contributed by atoms with van der Waals surface area (Å²) in [4.78, 5) is 20.1. The highest BCUT2D eigenvalue weighted by atomic mass is 16.1. The van der Waals surface area contributed by atoms with Gasteiger partial charge in [0, 0.05) is 12.0 Å². The average molecular weight is 204 g/mol. The number of aromatic amines is 1. The molecule has 1 N–H and O–H groups in total. The van der Waals surface area contributed by atoms with E-state index in [-0.39, 0.29) is 5.56 Å². The summed E-state index contributed by atoms with van der Waals surface area (Å²) in [6.07, 6.45) is 6.26. The number of rotatable bonds is 1. The van der Waals surface area contributed by atoms with Gasteiger partial charge in [0.05, 0.1) is 5.69 Å². The minimum absolute atomic E-state index is 0.0700. The molecule has 2 heterocycles. The van der Waals surface area contributed by atoms with E-state index in [2.05, 4.69) is 15.1 Å². The second kappa shape index (κ2) is 3.18. The van der Waals surface area contributed by atoms with Crippen LogP contribution in [-0.4, -0.2) is 19.6 Å². The Morgan fingerprint density at radius 3 is 3.00 bits per heavy atom. The SMILES string of the molecule is O=c1cc(C2CCCC2)nc2nc[nH]n12. The van der Waals surface area contributed by atoms with Gasteiger partial charge in [-0.25, -0.2) is 9.97 Å². The highest BCUT2D eigenvalue weighted by Crippen LogP contribution is 2.32. The number of nitrogens with zero attached hydrogens (tertiary/aromatic N) is 3. The van der Waals surface area contributed by atoms with Gasteiger partial charge >= 0.3 is 0 Å². The van der Waals surface area contributed by atoms with Crippen LogP contribution in [-0.2, 0) is 0 Å². The van der Waals surface area contributed by atoms with Gasteiger partial charge in [-0.3, -0.25) is 9.89 Å². The minimum atomic E-state index is -0.0700. The molecule has 0 radical (unpaired) electrons. The molecule has 0 unspecified atom stereocenters. The first kappa shape index (κ1) is 8.64. The third-order valence-corrected chi connectivity index (χ3v) is 3.06. The van der Waals surface area contributed by atoms with E-state index in [1.54, 1.807) is 6.07 Å². The molecule has 0 bridgehead atoms. The third kappa shape index (κ3) is 1.35. The minimum Gasteiger partial charge on any atom is -0.278 e. The lowest BCUT2D eigenvalue weighted by atomic mass is 10.0. The maximum absolute atomic E-state index is 11.7. The molecule has 1 aliphatic carbocycles. The topological polar surface area (TPSA) is 63.0 Å². The molecule has 3 rings (SSSR count). The molecule has 1 aliphatic rings. The van der Waals surface area contributed by atoms with E-state index in [4.69, 9.17) is 0 Å². The Bertz CT molecular complexity index is 536. The Balaban J connectivity index is 2.15. The number of fused-ring (bicyclic) bond motifs is 1. The zero-order chi connectivity index (χ0) is 10.3. The van der Waals surface area contributed by atoms with Crippen molar-refractivity contribution < 1.29 is 0 Å². The van der Waals surface area contributed by atoms with Crippen LogP contribution >= 0.6 is 0 Å². The van der Waals surface area contributed by atoms with Crippen LogP contribution < -0.4 is 5.56 Å². The van der Waals surface area contributed by atoms with Crippen molar-refractivity contribution in [3.63, 3.8) is 0 Å². The van der Waals surface area contributed by atoms with Gasteiger partial charge in [-0.1, -0.05) is 12.8 Å². The van der Waals surface area contributed by atoms with E-state index in [0.29, 0.717) is 11.7 Å². The first-order chi connectivity index (χ1) is 7.34. The molecule has 2 aromatic heterocycles. The Morgan fingerprint density at radius 2 is 2.20 bits per heavy atom. The van der Waals surface area contributed by atoms with Gasteiger partial charge in [0.25, 0.3) is 11.3 Å². The van der Waals surface area contributed by atoms with E-state index >= 15 is 0 Å². The average Bonchev–Trinajstić information content (AvgIpc) is 2.88. The van der Waals surface area contributed by atoms with E-state index in [0.717, 1.165) is 18.5 Å².